The van der Waals surface area contributed by atoms with Gasteiger partial charge < -0.3 is 19.5 Å². The quantitative estimate of drug-likeness (QED) is 0.686. The molecular formula is C21H23ClN4O4S. The predicted molar refractivity (Wildman–Crippen MR) is 118 cm³/mol. The molecule has 0 bridgehead atoms. The zero-order chi connectivity index (χ0) is 22.1. The minimum atomic E-state index is -0.836. The fourth-order valence-corrected chi connectivity index (χ4v) is 5.28. The maximum atomic E-state index is 13.0. The highest BCUT2D eigenvalue weighted by Gasteiger charge is 2.37. The highest BCUT2D eigenvalue weighted by Crippen LogP contribution is 2.34. The molecule has 2 aliphatic rings. The van der Waals surface area contributed by atoms with Crippen molar-refractivity contribution >= 4 is 35.2 Å². The van der Waals surface area contributed by atoms with Crippen molar-refractivity contribution in [1.29, 1.82) is 0 Å². The number of aromatic hydroxyl groups is 1. The fourth-order valence-electron chi connectivity index (χ4n) is 4.15. The smallest absolute Gasteiger partial charge is 0.315 e. The van der Waals surface area contributed by atoms with Crippen molar-refractivity contribution in [3.05, 3.63) is 51.2 Å². The van der Waals surface area contributed by atoms with Crippen LogP contribution >= 0.6 is 23.4 Å². The molecule has 1 fully saturated rings. The zero-order valence-corrected chi connectivity index (χ0v) is 18.7. The lowest BCUT2D eigenvalue weighted by Crippen LogP contribution is -2.44. The third-order valence-corrected chi connectivity index (χ3v) is 7.21. The van der Waals surface area contributed by atoms with Crippen LogP contribution in [0, 0.1) is 0 Å². The summed E-state index contributed by atoms with van der Waals surface area (Å²) in [4.78, 5) is 46.4. The molecule has 1 atom stereocenters. The Morgan fingerprint density at radius 3 is 2.77 bits per heavy atom. The second-order valence-corrected chi connectivity index (χ2v) is 8.90. The number of aromatic nitrogens is 2. The summed E-state index contributed by atoms with van der Waals surface area (Å²) >= 11 is 7.55. The maximum Gasteiger partial charge on any atom is 0.315 e. The SMILES string of the molecule is CCN1CCn2c(C3CCCN3C(=O)CSc3ccccc3Cl)nc(=O)c(O)c2C1=O. The molecule has 2 aliphatic heterocycles. The Labute approximate surface area is 188 Å². The van der Waals surface area contributed by atoms with Crippen molar-refractivity contribution < 1.29 is 14.7 Å². The van der Waals surface area contributed by atoms with Crippen LogP contribution in [-0.2, 0) is 11.3 Å². The molecule has 1 N–H and O–H groups in total. The highest BCUT2D eigenvalue weighted by molar-refractivity contribution is 8.00. The molecule has 2 aromatic rings. The summed E-state index contributed by atoms with van der Waals surface area (Å²) < 4.78 is 1.61. The number of thioether (sulfide) groups is 1. The minimum Gasteiger partial charge on any atom is -0.501 e. The van der Waals surface area contributed by atoms with Crippen LogP contribution in [0.5, 0.6) is 5.75 Å². The lowest BCUT2D eigenvalue weighted by molar-refractivity contribution is -0.129. The zero-order valence-electron chi connectivity index (χ0n) is 17.1. The molecule has 4 rings (SSSR count). The number of likely N-dealkylation sites (N-methyl/N-ethyl adjacent to an activating group) is 1. The van der Waals surface area contributed by atoms with Gasteiger partial charge in [0.25, 0.3) is 5.91 Å². The Bertz CT molecular complexity index is 1090. The van der Waals surface area contributed by atoms with Crippen molar-refractivity contribution in [1.82, 2.24) is 19.4 Å². The Morgan fingerprint density at radius 1 is 1.26 bits per heavy atom. The third kappa shape index (κ3) is 4.04. The molecule has 10 heteroatoms. The standard InChI is InChI=1S/C21H23ClN4O4S/c1-2-24-10-11-26-17(21(24)30)18(28)20(29)23-19(26)14-7-5-9-25(14)16(27)12-31-15-8-4-3-6-13(15)22/h3-4,6,8,14,28H,2,5,7,9-12H2,1H3. The second kappa shape index (κ2) is 8.92. The molecule has 0 spiro atoms. The molecule has 1 aromatic heterocycles. The number of benzene rings is 1. The summed E-state index contributed by atoms with van der Waals surface area (Å²) in [5.41, 5.74) is -0.870. The first kappa shape index (κ1) is 21.7. The summed E-state index contributed by atoms with van der Waals surface area (Å²) in [6, 6.07) is 6.94. The van der Waals surface area contributed by atoms with Crippen LogP contribution < -0.4 is 5.56 Å². The van der Waals surface area contributed by atoms with Gasteiger partial charge in [-0.3, -0.25) is 14.4 Å². The summed E-state index contributed by atoms with van der Waals surface area (Å²) in [6.45, 7) is 3.75. The van der Waals surface area contributed by atoms with Crippen molar-refractivity contribution in [3.8, 4) is 5.75 Å². The van der Waals surface area contributed by atoms with E-state index in [0.29, 0.717) is 43.4 Å². The van der Waals surface area contributed by atoms with Gasteiger partial charge in [-0.15, -0.1) is 11.8 Å². The van der Waals surface area contributed by atoms with E-state index in [1.807, 2.05) is 25.1 Å². The highest BCUT2D eigenvalue weighted by atomic mass is 35.5. The van der Waals surface area contributed by atoms with Gasteiger partial charge in [-0.1, -0.05) is 23.7 Å². The first-order valence-electron chi connectivity index (χ1n) is 10.2. The fraction of sp³-hybridized carbons (Fsp3) is 0.429. The maximum absolute atomic E-state index is 13.0. The van der Waals surface area contributed by atoms with E-state index in [9.17, 15) is 19.5 Å². The van der Waals surface area contributed by atoms with E-state index in [1.165, 1.54) is 11.8 Å². The monoisotopic (exact) mass is 462 g/mol. The molecule has 1 saturated heterocycles. The summed E-state index contributed by atoms with van der Waals surface area (Å²) in [5, 5.41) is 10.9. The van der Waals surface area contributed by atoms with E-state index < -0.39 is 23.3 Å². The first-order chi connectivity index (χ1) is 14.9. The molecular weight excluding hydrogens is 440 g/mol. The van der Waals surface area contributed by atoms with Gasteiger partial charge >= 0.3 is 5.56 Å². The third-order valence-electron chi connectivity index (χ3n) is 5.71. The molecule has 1 aromatic carbocycles. The number of likely N-dealkylation sites (tertiary alicyclic amines) is 1. The van der Waals surface area contributed by atoms with Crippen molar-refractivity contribution in [2.75, 3.05) is 25.4 Å². The van der Waals surface area contributed by atoms with Gasteiger partial charge in [0.05, 0.1) is 16.8 Å². The molecule has 0 saturated carbocycles. The van der Waals surface area contributed by atoms with Crippen LogP contribution in [0.4, 0.5) is 0 Å². The van der Waals surface area contributed by atoms with Crippen LogP contribution in [0.3, 0.4) is 0 Å². The number of halogens is 1. The minimum absolute atomic E-state index is 0.0344. The van der Waals surface area contributed by atoms with Gasteiger partial charge in [0.15, 0.2) is 5.69 Å². The number of hydrogen-bond donors (Lipinski definition) is 1. The largest absolute Gasteiger partial charge is 0.501 e. The summed E-state index contributed by atoms with van der Waals surface area (Å²) in [6.07, 6.45) is 1.42. The molecule has 2 amide bonds. The first-order valence-corrected chi connectivity index (χ1v) is 11.6. The van der Waals surface area contributed by atoms with E-state index >= 15 is 0 Å². The van der Waals surface area contributed by atoms with Crippen LogP contribution in [0.25, 0.3) is 0 Å². The van der Waals surface area contributed by atoms with E-state index in [4.69, 9.17) is 11.6 Å². The second-order valence-electron chi connectivity index (χ2n) is 7.47. The lowest BCUT2D eigenvalue weighted by Gasteiger charge is -2.33. The van der Waals surface area contributed by atoms with Crippen LogP contribution in [0.2, 0.25) is 5.02 Å². The Morgan fingerprint density at radius 2 is 2.03 bits per heavy atom. The van der Waals surface area contributed by atoms with E-state index in [2.05, 4.69) is 4.98 Å². The van der Waals surface area contributed by atoms with Crippen LogP contribution in [0.15, 0.2) is 34.0 Å². The molecule has 164 valence electrons. The molecule has 0 aliphatic carbocycles. The number of amides is 2. The Hall–Kier alpha value is -2.52. The molecule has 3 heterocycles. The number of carbonyl (C=O) groups excluding carboxylic acids is 2. The number of rotatable bonds is 5. The predicted octanol–water partition coefficient (Wildman–Crippen LogP) is 2.53. The van der Waals surface area contributed by atoms with Gasteiger partial charge in [0, 0.05) is 31.1 Å². The average molecular weight is 463 g/mol. The van der Waals surface area contributed by atoms with Crippen molar-refractivity contribution in [2.45, 2.75) is 37.2 Å². The summed E-state index contributed by atoms with van der Waals surface area (Å²) in [7, 11) is 0. The van der Waals surface area contributed by atoms with Gasteiger partial charge in [-0.05, 0) is 31.9 Å². The molecule has 1 unspecified atom stereocenters. The number of nitrogens with zero attached hydrogens (tertiary/aromatic N) is 4. The van der Waals surface area contributed by atoms with Crippen molar-refractivity contribution in [2.24, 2.45) is 0 Å². The topological polar surface area (TPSA) is 95.7 Å². The van der Waals surface area contributed by atoms with Crippen LogP contribution in [-0.4, -0.2) is 61.7 Å². The van der Waals surface area contributed by atoms with E-state index in [0.717, 1.165) is 11.3 Å². The molecule has 8 nitrogen and oxygen atoms in total. The van der Waals surface area contributed by atoms with Crippen LogP contribution in [0.1, 0.15) is 42.1 Å². The van der Waals surface area contributed by atoms with Gasteiger partial charge in [-0.2, -0.15) is 4.98 Å². The van der Waals surface area contributed by atoms with Gasteiger partial charge in [-0.25, -0.2) is 0 Å². The Kier molecular flexibility index (Phi) is 6.24. The van der Waals surface area contributed by atoms with Gasteiger partial charge in [0.2, 0.25) is 11.7 Å². The average Bonchev–Trinajstić information content (AvgIpc) is 3.25. The summed E-state index contributed by atoms with van der Waals surface area (Å²) in [5.74, 6) is -0.524. The van der Waals surface area contributed by atoms with Crippen molar-refractivity contribution in [3.63, 3.8) is 0 Å². The number of hydrogen-bond acceptors (Lipinski definition) is 6. The lowest BCUT2D eigenvalue weighted by atomic mass is 10.1. The van der Waals surface area contributed by atoms with E-state index in [-0.39, 0.29) is 17.4 Å². The normalized spacial score (nSPS) is 18.4. The van der Waals surface area contributed by atoms with Gasteiger partial charge in [0.1, 0.15) is 5.82 Å². The number of carbonyl (C=O) groups is 2. The Balaban J connectivity index is 1.62. The molecule has 31 heavy (non-hydrogen) atoms. The van der Waals surface area contributed by atoms with E-state index in [1.54, 1.807) is 20.4 Å². The number of fused-ring (bicyclic) bond motifs is 1. The molecule has 0 radical (unpaired) electrons.